The molecule has 1 aliphatic heterocycles. The Bertz CT molecular complexity index is 553. The summed E-state index contributed by atoms with van der Waals surface area (Å²) in [6, 6.07) is 3.77. The molecule has 112 valence electrons. The third-order valence-electron chi connectivity index (χ3n) is 2.99. The molecule has 20 heavy (non-hydrogen) atoms. The fraction of sp³-hybridized carbons (Fsp3) is 0.538. The van der Waals surface area contributed by atoms with E-state index in [1.807, 2.05) is 13.0 Å². The van der Waals surface area contributed by atoms with Gasteiger partial charge >= 0.3 is 6.64 Å². The van der Waals surface area contributed by atoms with E-state index in [2.05, 4.69) is 18.5 Å². The highest BCUT2D eigenvalue weighted by Crippen LogP contribution is 2.59. The maximum absolute atomic E-state index is 6.22. The predicted octanol–water partition coefficient (Wildman–Crippen LogP) is 5.25. The number of halogens is 2. The van der Waals surface area contributed by atoms with Gasteiger partial charge in [0, 0.05) is 23.2 Å². The Morgan fingerprint density at radius 1 is 1.45 bits per heavy atom. The van der Waals surface area contributed by atoms with Crippen LogP contribution in [0, 0.1) is 0 Å². The Morgan fingerprint density at radius 2 is 2.15 bits per heavy atom. The highest BCUT2D eigenvalue weighted by atomic mass is 35.5. The third-order valence-corrected chi connectivity index (χ3v) is 6.82. The van der Waals surface area contributed by atoms with Crippen molar-refractivity contribution in [2.45, 2.75) is 39.8 Å². The van der Waals surface area contributed by atoms with Crippen LogP contribution < -0.4 is 4.52 Å². The van der Waals surface area contributed by atoms with E-state index in [0.29, 0.717) is 28.9 Å². The van der Waals surface area contributed by atoms with E-state index in [4.69, 9.17) is 44.1 Å². The average molecular weight is 354 g/mol. The molecule has 1 unspecified atom stereocenters. The monoisotopic (exact) mass is 353 g/mol. The third kappa shape index (κ3) is 3.32. The van der Waals surface area contributed by atoms with E-state index in [1.165, 1.54) is 0 Å². The lowest BCUT2D eigenvalue weighted by Gasteiger charge is -2.40. The Labute approximate surface area is 135 Å². The number of hydrogen-bond donors (Lipinski definition) is 0. The summed E-state index contributed by atoms with van der Waals surface area (Å²) in [5.74, 6) is 0.618. The quantitative estimate of drug-likeness (QED) is 0.689. The zero-order chi connectivity index (χ0) is 14.9. The van der Waals surface area contributed by atoms with Gasteiger partial charge in [-0.3, -0.25) is 0 Å². The lowest BCUT2D eigenvalue weighted by molar-refractivity contribution is 0.220. The van der Waals surface area contributed by atoms with Crippen molar-refractivity contribution in [2.75, 3.05) is 6.61 Å². The molecular weight excluding hydrogens is 336 g/mol. The normalized spacial score (nSPS) is 22.7. The summed E-state index contributed by atoms with van der Waals surface area (Å²) in [5.41, 5.74) is 0.955. The first-order chi connectivity index (χ1) is 9.37. The van der Waals surface area contributed by atoms with Crippen LogP contribution in [0.5, 0.6) is 5.75 Å². The Hall–Kier alpha value is 0.170. The molecule has 0 aliphatic carbocycles. The summed E-state index contributed by atoms with van der Waals surface area (Å²) >= 11 is 18.0. The fourth-order valence-corrected chi connectivity index (χ4v) is 5.91. The van der Waals surface area contributed by atoms with Gasteiger partial charge in [0.05, 0.1) is 11.6 Å². The molecule has 0 aromatic heterocycles. The highest BCUT2D eigenvalue weighted by Gasteiger charge is 2.38. The van der Waals surface area contributed by atoms with E-state index in [-0.39, 0.29) is 6.04 Å². The van der Waals surface area contributed by atoms with Crippen LogP contribution in [0.2, 0.25) is 10.0 Å². The van der Waals surface area contributed by atoms with Crippen molar-refractivity contribution in [3.05, 3.63) is 27.7 Å². The van der Waals surface area contributed by atoms with Crippen LogP contribution >= 0.6 is 29.8 Å². The molecule has 0 saturated carbocycles. The summed E-state index contributed by atoms with van der Waals surface area (Å²) in [6.45, 7) is 4.91. The minimum atomic E-state index is -2.53. The van der Waals surface area contributed by atoms with E-state index in [9.17, 15) is 0 Å². The minimum Gasteiger partial charge on any atom is -0.431 e. The van der Waals surface area contributed by atoms with Gasteiger partial charge in [0.2, 0.25) is 0 Å². The van der Waals surface area contributed by atoms with Gasteiger partial charge in [0.15, 0.2) is 5.75 Å². The maximum atomic E-state index is 6.22. The van der Waals surface area contributed by atoms with Gasteiger partial charge in [0.1, 0.15) is 0 Å². The smallest absolute Gasteiger partial charge is 0.316 e. The molecule has 0 amide bonds. The summed E-state index contributed by atoms with van der Waals surface area (Å²) in [5, 5.41) is 1.09. The number of hydrogen-bond acceptors (Lipinski definition) is 3. The van der Waals surface area contributed by atoms with Crippen molar-refractivity contribution in [3.8, 4) is 5.75 Å². The highest BCUT2D eigenvalue weighted by molar-refractivity contribution is 8.08. The van der Waals surface area contributed by atoms with E-state index in [1.54, 1.807) is 6.07 Å². The minimum absolute atomic E-state index is 0.226. The van der Waals surface area contributed by atoms with Gasteiger partial charge in [-0.2, -0.15) is 0 Å². The van der Waals surface area contributed by atoms with Crippen molar-refractivity contribution in [2.24, 2.45) is 0 Å². The molecule has 3 nitrogen and oxygen atoms in total. The lowest BCUT2D eigenvalue weighted by atomic mass is 10.2. The zero-order valence-electron chi connectivity index (χ0n) is 11.7. The molecule has 1 atom stereocenters. The second-order valence-electron chi connectivity index (χ2n) is 4.96. The lowest BCUT2D eigenvalue weighted by Crippen LogP contribution is -2.33. The van der Waals surface area contributed by atoms with Crippen LogP contribution in [0.1, 0.15) is 32.8 Å². The molecule has 1 aromatic carbocycles. The zero-order valence-corrected chi connectivity index (χ0v) is 15.0. The van der Waals surface area contributed by atoms with Crippen molar-refractivity contribution in [1.82, 2.24) is 4.67 Å². The first kappa shape index (κ1) is 16.5. The Balaban J connectivity index is 2.42. The van der Waals surface area contributed by atoms with Crippen LogP contribution in [0.4, 0.5) is 0 Å². The summed E-state index contributed by atoms with van der Waals surface area (Å²) < 4.78 is 14.0. The van der Waals surface area contributed by atoms with Gasteiger partial charge in [-0.1, -0.05) is 30.1 Å². The van der Waals surface area contributed by atoms with Crippen LogP contribution in [0.25, 0.3) is 0 Å². The molecule has 1 aromatic rings. The molecule has 0 bridgehead atoms. The van der Waals surface area contributed by atoms with Gasteiger partial charge < -0.3 is 9.05 Å². The van der Waals surface area contributed by atoms with Crippen molar-refractivity contribution >= 4 is 41.7 Å². The van der Waals surface area contributed by atoms with Gasteiger partial charge in [0.25, 0.3) is 0 Å². The van der Waals surface area contributed by atoms with E-state index in [0.717, 1.165) is 12.0 Å². The van der Waals surface area contributed by atoms with Crippen LogP contribution in [0.3, 0.4) is 0 Å². The fourth-order valence-electron chi connectivity index (χ4n) is 2.03. The number of benzene rings is 1. The summed E-state index contributed by atoms with van der Waals surface area (Å²) in [7, 11) is 0. The number of fused-ring (bicyclic) bond motifs is 1. The predicted molar refractivity (Wildman–Crippen MR) is 88.3 cm³/mol. The second-order valence-corrected chi connectivity index (χ2v) is 9.08. The molecule has 2 rings (SSSR count). The van der Waals surface area contributed by atoms with Crippen molar-refractivity contribution in [1.29, 1.82) is 0 Å². The van der Waals surface area contributed by atoms with Crippen LogP contribution in [-0.4, -0.2) is 17.3 Å². The molecule has 0 N–H and O–H groups in total. The topological polar surface area (TPSA) is 21.7 Å². The molecule has 1 heterocycles. The molecule has 0 fully saturated rings. The van der Waals surface area contributed by atoms with Crippen molar-refractivity contribution < 1.29 is 9.05 Å². The maximum Gasteiger partial charge on any atom is 0.316 e. The molecular formula is C13H18Cl2NO2PS. The van der Waals surface area contributed by atoms with E-state index < -0.39 is 6.64 Å². The number of rotatable bonds is 4. The first-order valence-corrected chi connectivity index (χ1v) is 9.91. The van der Waals surface area contributed by atoms with E-state index >= 15 is 0 Å². The number of nitrogens with zero attached hydrogens (tertiary/aromatic N) is 1. The Kier molecular flexibility index (Phi) is 5.39. The summed E-state index contributed by atoms with van der Waals surface area (Å²) in [4.78, 5) is 0. The van der Waals surface area contributed by atoms with Crippen molar-refractivity contribution in [3.63, 3.8) is 0 Å². The van der Waals surface area contributed by atoms with Crippen LogP contribution in [0.15, 0.2) is 12.1 Å². The molecule has 0 radical (unpaired) electrons. The first-order valence-electron chi connectivity index (χ1n) is 6.56. The summed E-state index contributed by atoms with van der Waals surface area (Å²) in [6.07, 6.45) is 0.898. The second kappa shape index (κ2) is 6.51. The van der Waals surface area contributed by atoms with Gasteiger partial charge in [-0.25, -0.2) is 4.67 Å². The van der Waals surface area contributed by atoms with Gasteiger partial charge in [-0.05, 0) is 44.2 Å². The standard InChI is InChI=1S/C13H18Cl2NO2PS/c1-4-5-17-19(20)16(9(2)3)8-10-6-11(14)7-12(15)13(10)18-19/h6-7,9H,4-5,8H2,1-3H3. The van der Waals surface area contributed by atoms with Gasteiger partial charge in [-0.15, -0.1) is 0 Å². The SMILES string of the molecule is CCCOP1(=S)Oc2c(Cl)cc(Cl)cc2CN1C(C)C. The Morgan fingerprint density at radius 3 is 2.75 bits per heavy atom. The average Bonchev–Trinajstić information content (AvgIpc) is 2.36. The molecule has 1 aliphatic rings. The molecule has 0 spiro atoms. The van der Waals surface area contributed by atoms with Crippen LogP contribution in [-0.2, 0) is 22.9 Å². The molecule has 7 heteroatoms. The largest absolute Gasteiger partial charge is 0.431 e. The molecule has 0 saturated heterocycles.